The van der Waals surface area contributed by atoms with Gasteiger partial charge in [-0.15, -0.1) is 0 Å². The normalized spacial score (nSPS) is 32.5. The van der Waals surface area contributed by atoms with Crippen LogP contribution in [-0.2, 0) is 4.79 Å². The molecule has 1 aliphatic carbocycles. The molecule has 126 valence electrons. The lowest BCUT2D eigenvalue weighted by Gasteiger charge is -2.30. The molecule has 0 aromatic rings. The van der Waals surface area contributed by atoms with E-state index in [4.69, 9.17) is 0 Å². The maximum Gasteiger partial charge on any atom is 0.219 e. The van der Waals surface area contributed by atoms with Crippen LogP contribution in [0.4, 0.5) is 0 Å². The van der Waals surface area contributed by atoms with Crippen LogP contribution in [0.5, 0.6) is 0 Å². The van der Waals surface area contributed by atoms with Gasteiger partial charge in [0.15, 0.2) is 0 Å². The molecule has 2 heterocycles. The summed E-state index contributed by atoms with van der Waals surface area (Å²) in [6.07, 6.45) is 6.93. The Morgan fingerprint density at radius 3 is 2.50 bits per heavy atom. The van der Waals surface area contributed by atoms with E-state index in [2.05, 4.69) is 16.7 Å². The monoisotopic (exact) mass is 307 g/mol. The molecule has 4 heteroatoms. The van der Waals surface area contributed by atoms with Gasteiger partial charge in [-0.2, -0.15) is 0 Å². The third kappa shape index (κ3) is 3.83. The van der Waals surface area contributed by atoms with E-state index < -0.39 is 0 Å². The summed E-state index contributed by atoms with van der Waals surface area (Å²) in [5.74, 6) is 1.97. The Labute approximate surface area is 135 Å². The smallest absolute Gasteiger partial charge is 0.219 e. The minimum atomic E-state index is 0.240. The number of rotatable bonds is 3. The summed E-state index contributed by atoms with van der Waals surface area (Å²) in [5.41, 5.74) is 0. The van der Waals surface area contributed by atoms with Crippen molar-refractivity contribution >= 4 is 5.91 Å². The third-order valence-corrected chi connectivity index (χ3v) is 6.08. The van der Waals surface area contributed by atoms with Crippen molar-refractivity contribution in [2.24, 2.45) is 11.8 Å². The topological polar surface area (TPSA) is 26.8 Å². The Morgan fingerprint density at radius 1 is 1.00 bits per heavy atom. The fourth-order valence-electron chi connectivity index (χ4n) is 4.81. The largest absolute Gasteiger partial charge is 0.342 e. The minimum absolute atomic E-state index is 0.240. The predicted octanol–water partition coefficient (Wildman–Crippen LogP) is 2.05. The summed E-state index contributed by atoms with van der Waals surface area (Å²) in [7, 11) is 0. The van der Waals surface area contributed by atoms with Crippen LogP contribution in [0.15, 0.2) is 0 Å². The van der Waals surface area contributed by atoms with E-state index in [1.807, 2.05) is 4.90 Å². The third-order valence-electron chi connectivity index (χ3n) is 6.08. The van der Waals surface area contributed by atoms with Gasteiger partial charge < -0.3 is 9.80 Å². The molecule has 0 aromatic carbocycles. The quantitative estimate of drug-likeness (QED) is 0.798. The number of likely N-dealkylation sites (tertiary alicyclic amines) is 1. The second-order valence-corrected chi connectivity index (χ2v) is 7.81. The molecule has 22 heavy (non-hydrogen) atoms. The first-order chi connectivity index (χ1) is 10.6. The van der Waals surface area contributed by atoms with Crippen LogP contribution in [0.2, 0.25) is 0 Å². The lowest BCUT2D eigenvalue weighted by atomic mass is 10.0. The van der Waals surface area contributed by atoms with Crippen molar-refractivity contribution in [3.8, 4) is 0 Å². The number of hydrogen-bond acceptors (Lipinski definition) is 3. The van der Waals surface area contributed by atoms with Crippen molar-refractivity contribution in [3.63, 3.8) is 0 Å². The van der Waals surface area contributed by atoms with Gasteiger partial charge in [-0.3, -0.25) is 9.69 Å². The molecule has 0 N–H and O–H groups in total. The Hall–Kier alpha value is -0.610. The van der Waals surface area contributed by atoms with E-state index in [-0.39, 0.29) is 5.91 Å². The van der Waals surface area contributed by atoms with Gasteiger partial charge >= 0.3 is 0 Å². The molecule has 3 rings (SSSR count). The minimum Gasteiger partial charge on any atom is -0.342 e. The lowest BCUT2D eigenvalue weighted by Crippen LogP contribution is -2.43. The first-order valence-electron chi connectivity index (χ1n) is 9.35. The fourth-order valence-corrected chi connectivity index (χ4v) is 4.81. The van der Waals surface area contributed by atoms with E-state index in [0.717, 1.165) is 44.4 Å². The van der Waals surface area contributed by atoms with Crippen molar-refractivity contribution in [3.05, 3.63) is 0 Å². The Balaban J connectivity index is 1.52. The molecule has 4 nitrogen and oxygen atoms in total. The highest BCUT2D eigenvalue weighted by Crippen LogP contribution is 2.29. The molecule has 0 unspecified atom stereocenters. The van der Waals surface area contributed by atoms with Gasteiger partial charge in [0.25, 0.3) is 0 Å². The summed E-state index contributed by atoms with van der Waals surface area (Å²) in [4.78, 5) is 19.0. The van der Waals surface area contributed by atoms with E-state index in [1.165, 1.54) is 45.3 Å². The van der Waals surface area contributed by atoms with Gasteiger partial charge in [-0.25, -0.2) is 0 Å². The van der Waals surface area contributed by atoms with Gasteiger partial charge in [0.2, 0.25) is 5.91 Å². The second kappa shape index (κ2) is 7.31. The van der Waals surface area contributed by atoms with Crippen LogP contribution < -0.4 is 0 Å². The average Bonchev–Trinajstić information content (AvgIpc) is 3.03. The summed E-state index contributed by atoms with van der Waals surface area (Å²) >= 11 is 0. The number of nitrogens with zero attached hydrogens (tertiary/aromatic N) is 3. The summed E-state index contributed by atoms with van der Waals surface area (Å²) in [6.45, 7) is 12.1. The van der Waals surface area contributed by atoms with Gasteiger partial charge in [-0.05, 0) is 31.1 Å². The molecule has 0 bridgehead atoms. The molecule has 0 spiro atoms. The number of carbonyl (C=O) groups excluding carboxylic acids is 1. The van der Waals surface area contributed by atoms with Gasteiger partial charge in [0.1, 0.15) is 0 Å². The maximum atomic E-state index is 11.6. The molecule has 2 aliphatic heterocycles. The fraction of sp³-hybridized carbons (Fsp3) is 0.944. The maximum absolute atomic E-state index is 11.6. The van der Waals surface area contributed by atoms with Crippen molar-refractivity contribution in [1.82, 2.24) is 14.7 Å². The summed E-state index contributed by atoms with van der Waals surface area (Å²) in [6, 6.07) is 0.702. The van der Waals surface area contributed by atoms with E-state index >= 15 is 0 Å². The molecule has 1 amide bonds. The molecule has 3 aliphatic rings. The molecular formula is C18H33N3O. The Morgan fingerprint density at radius 2 is 1.77 bits per heavy atom. The molecule has 0 aromatic heterocycles. The van der Waals surface area contributed by atoms with Gasteiger partial charge in [-0.1, -0.05) is 19.8 Å². The molecule has 1 saturated carbocycles. The lowest BCUT2D eigenvalue weighted by molar-refractivity contribution is -0.128. The average molecular weight is 307 g/mol. The number of hydrogen-bond donors (Lipinski definition) is 0. The molecule has 2 atom stereocenters. The molecule has 2 saturated heterocycles. The van der Waals surface area contributed by atoms with E-state index in [1.54, 1.807) is 6.92 Å². The highest BCUT2D eigenvalue weighted by atomic mass is 16.2. The zero-order valence-electron chi connectivity index (χ0n) is 14.5. The van der Waals surface area contributed by atoms with Crippen LogP contribution in [0.1, 0.15) is 46.0 Å². The zero-order valence-corrected chi connectivity index (χ0v) is 14.5. The number of carbonyl (C=O) groups is 1. The van der Waals surface area contributed by atoms with Crippen LogP contribution in [-0.4, -0.2) is 72.5 Å². The van der Waals surface area contributed by atoms with Crippen molar-refractivity contribution < 1.29 is 4.79 Å². The molecule has 3 fully saturated rings. The zero-order chi connectivity index (χ0) is 15.5. The van der Waals surface area contributed by atoms with Gasteiger partial charge in [0.05, 0.1) is 0 Å². The second-order valence-electron chi connectivity index (χ2n) is 7.81. The van der Waals surface area contributed by atoms with Gasteiger partial charge in [0, 0.05) is 58.8 Å². The first-order valence-corrected chi connectivity index (χ1v) is 9.35. The van der Waals surface area contributed by atoms with Crippen molar-refractivity contribution in [2.45, 2.75) is 52.0 Å². The summed E-state index contributed by atoms with van der Waals surface area (Å²) in [5, 5.41) is 0. The molecule has 0 radical (unpaired) electrons. The van der Waals surface area contributed by atoms with Crippen LogP contribution >= 0.6 is 0 Å². The first kappa shape index (κ1) is 16.3. The predicted molar refractivity (Wildman–Crippen MR) is 89.8 cm³/mol. The standard InChI is InChI=1S/C18H33N3O/c1-15-12-19(13-17-6-3-4-7-17)14-18(15)21-9-5-8-20(10-11-21)16(2)22/h15,17-18H,3-14H2,1-2H3/t15-,18+/m0/s1. The molecular weight excluding hydrogens is 274 g/mol. The number of amides is 1. The van der Waals surface area contributed by atoms with E-state index in [0.29, 0.717) is 6.04 Å². The van der Waals surface area contributed by atoms with Crippen molar-refractivity contribution in [1.29, 1.82) is 0 Å². The summed E-state index contributed by atoms with van der Waals surface area (Å²) < 4.78 is 0. The Bertz CT molecular complexity index is 381. The Kier molecular flexibility index (Phi) is 5.40. The van der Waals surface area contributed by atoms with Crippen LogP contribution in [0, 0.1) is 11.8 Å². The highest BCUT2D eigenvalue weighted by molar-refractivity contribution is 5.73. The van der Waals surface area contributed by atoms with Crippen LogP contribution in [0.25, 0.3) is 0 Å². The van der Waals surface area contributed by atoms with Crippen molar-refractivity contribution in [2.75, 3.05) is 45.8 Å². The van der Waals surface area contributed by atoms with Crippen LogP contribution in [0.3, 0.4) is 0 Å². The SMILES string of the molecule is CC(=O)N1CCCN([C@@H]2CN(CC3CCCC3)C[C@@H]2C)CC1. The van der Waals surface area contributed by atoms with E-state index in [9.17, 15) is 4.79 Å². The highest BCUT2D eigenvalue weighted by Gasteiger charge is 2.35.